The van der Waals surface area contributed by atoms with E-state index in [1.807, 2.05) is 26.8 Å². The summed E-state index contributed by atoms with van der Waals surface area (Å²) in [5.74, 6) is -0.0494. The summed E-state index contributed by atoms with van der Waals surface area (Å²) >= 11 is 0. The van der Waals surface area contributed by atoms with Gasteiger partial charge in [-0.25, -0.2) is 4.79 Å². The highest BCUT2D eigenvalue weighted by molar-refractivity contribution is 5.87. The summed E-state index contributed by atoms with van der Waals surface area (Å²) in [6.07, 6.45) is 1.07. The van der Waals surface area contributed by atoms with Gasteiger partial charge in [-0.1, -0.05) is 20.8 Å². The van der Waals surface area contributed by atoms with Gasteiger partial charge in [0.1, 0.15) is 12.1 Å². The lowest BCUT2D eigenvalue weighted by Crippen LogP contribution is -2.54. The molecule has 0 aromatic heterocycles. The molecular formula is C15H26N4O3. The van der Waals surface area contributed by atoms with Crippen molar-refractivity contribution in [2.75, 3.05) is 26.3 Å². The average Bonchev–Trinajstić information content (AvgIpc) is 2.52. The second-order valence-electron chi connectivity index (χ2n) is 5.83. The molecule has 2 atom stereocenters. The van der Waals surface area contributed by atoms with Crippen molar-refractivity contribution in [3.63, 3.8) is 0 Å². The molecule has 1 rings (SSSR count). The number of hydrogen-bond donors (Lipinski definition) is 2. The van der Waals surface area contributed by atoms with Gasteiger partial charge in [-0.3, -0.25) is 4.79 Å². The van der Waals surface area contributed by atoms with Gasteiger partial charge >= 0.3 is 6.03 Å². The molecule has 124 valence electrons. The molecule has 0 saturated carbocycles. The van der Waals surface area contributed by atoms with Crippen molar-refractivity contribution in [3.05, 3.63) is 0 Å². The van der Waals surface area contributed by atoms with E-state index in [1.165, 1.54) is 0 Å². The number of amides is 3. The van der Waals surface area contributed by atoms with E-state index in [1.54, 1.807) is 4.90 Å². The number of carbonyl (C=O) groups is 2. The van der Waals surface area contributed by atoms with E-state index < -0.39 is 12.1 Å². The minimum Gasteiger partial charge on any atom is -0.378 e. The molecule has 1 fully saturated rings. The lowest BCUT2D eigenvalue weighted by molar-refractivity contribution is -0.123. The fourth-order valence-corrected chi connectivity index (χ4v) is 2.21. The van der Waals surface area contributed by atoms with Crippen molar-refractivity contribution in [3.8, 4) is 6.07 Å². The van der Waals surface area contributed by atoms with E-state index in [9.17, 15) is 9.59 Å². The maximum Gasteiger partial charge on any atom is 0.318 e. The van der Waals surface area contributed by atoms with Gasteiger partial charge < -0.3 is 20.3 Å². The van der Waals surface area contributed by atoms with E-state index in [-0.39, 0.29) is 17.9 Å². The van der Waals surface area contributed by atoms with Gasteiger partial charge in [0.25, 0.3) is 0 Å². The molecule has 1 heterocycles. The smallest absolute Gasteiger partial charge is 0.318 e. The van der Waals surface area contributed by atoms with Crippen LogP contribution in [0.15, 0.2) is 0 Å². The molecule has 7 nitrogen and oxygen atoms in total. The number of rotatable bonds is 6. The highest BCUT2D eigenvalue weighted by Gasteiger charge is 2.26. The summed E-state index contributed by atoms with van der Waals surface area (Å²) in [5, 5.41) is 14.4. The SMILES string of the molecule is CC[C@@H](C#N)NC(=O)[C@H](CC(C)C)NC(=O)N1CCOCC1. The van der Waals surface area contributed by atoms with E-state index in [4.69, 9.17) is 10.00 Å². The zero-order valence-corrected chi connectivity index (χ0v) is 13.6. The van der Waals surface area contributed by atoms with Crippen LogP contribution in [0.1, 0.15) is 33.6 Å². The van der Waals surface area contributed by atoms with E-state index >= 15 is 0 Å². The van der Waals surface area contributed by atoms with Crippen LogP contribution in [0.25, 0.3) is 0 Å². The van der Waals surface area contributed by atoms with Gasteiger partial charge in [-0.15, -0.1) is 0 Å². The number of carbonyl (C=O) groups excluding carboxylic acids is 2. The molecule has 3 amide bonds. The van der Waals surface area contributed by atoms with Crippen molar-refractivity contribution in [1.82, 2.24) is 15.5 Å². The van der Waals surface area contributed by atoms with Gasteiger partial charge in [0.2, 0.25) is 5.91 Å². The van der Waals surface area contributed by atoms with Crippen LogP contribution in [-0.4, -0.2) is 55.2 Å². The standard InChI is InChI=1S/C15H26N4O3/c1-4-12(10-16)17-14(20)13(9-11(2)3)18-15(21)19-5-7-22-8-6-19/h11-13H,4-9H2,1-3H3,(H,17,20)(H,18,21)/t12-,13-/m0/s1. The minimum absolute atomic E-state index is 0.253. The van der Waals surface area contributed by atoms with Crippen molar-refractivity contribution in [2.45, 2.75) is 45.7 Å². The third-order valence-electron chi connectivity index (χ3n) is 3.50. The molecule has 0 unspecified atom stereocenters. The number of nitrogens with zero attached hydrogens (tertiary/aromatic N) is 2. The Hall–Kier alpha value is -1.81. The number of hydrogen-bond acceptors (Lipinski definition) is 4. The Morgan fingerprint density at radius 2 is 1.91 bits per heavy atom. The molecule has 0 bridgehead atoms. The largest absolute Gasteiger partial charge is 0.378 e. The normalized spacial score (nSPS) is 17.5. The Bertz CT molecular complexity index is 414. The number of ether oxygens (including phenoxy) is 1. The van der Waals surface area contributed by atoms with Crippen LogP contribution in [0.2, 0.25) is 0 Å². The molecule has 7 heteroatoms. The minimum atomic E-state index is -0.627. The van der Waals surface area contributed by atoms with Crippen LogP contribution in [-0.2, 0) is 9.53 Å². The summed E-state index contributed by atoms with van der Waals surface area (Å²) in [7, 11) is 0. The highest BCUT2D eigenvalue weighted by Crippen LogP contribution is 2.07. The summed E-state index contributed by atoms with van der Waals surface area (Å²) in [6.45, 7) is 7.89. The molecule has 0 aromatic carbocycles. The lowest BCUT2D eigenvalue weighted by atomic mass is 10.0. The molecule has 0 spiro atoms. The Morgan fingerprint density at radius 1 is 1.27 bits per heavy atom. The molecule has 2 N–H and O–H groups in total. The highest BCUT2D eigenvalue weighted by atomic mass is 16.5. The van der Waals surface area contributed by atoms with Crippen LogP contribution in [0.3, 0.4) is 0 Å². The van der Waals surface area contributed by atoms with E-state index in [0.717, 1.165) is 0 Å². The first kappa shape index (κ1) is 18.2. The van der Waals surface area contributed by atoms with Gasteiger partial charge in [-0.2, -0.15) is 5.26 Å². The Labute approximate surface area is 132 Å². The molecule has 1 aliphatic heterocycles. The number of urea groups is 1. The molecular weight excluding hydrogens is 284 g/mol. The fourth-order valence-electron chi connectivity index (χ4n) is 2.21. The lowest BCUT2D eigenvalue weighted by Gasteiger charge is -2.29. The zero-order valence-electron chi connectivity index (χ0n) is 13.6. The summed E-state index contributed by atoms with van der Waals surface area (Å²) in [4.78, 5) is 26.2. The van der Waals surface area contributed by atoms with Crippen LogP contribution in [0.5, 0.6) is 0 Å². The summed E-state index contributed by atoms with van der Waals surface area (Å²) in [6, 6.07) is 0.628. The van der Waals surface area contributed by atoms with Crippen LogP contribution in [0, 0.1) is 17.2 Å². The van der Waals surface area contributed by atoms with Gasteiger partial charge in [0.05, 0.1) is 19.3 Å². The third-order valence-corrected chi connectivity index (χ3v) is 3.50. The second kappa shape index (κ2) is 9.26. The monoisotopic (exact) mass is 310 g/mol. The molecule has 1 saturated heterocycles. The summed E-state index contributed by atoms with van der Waals surface area (Å²) < 4.78 is 5.21. The van der Waals surface area contributed by atoms with Crippen molar-refractivity contribution < 1.29 is 14.3 Å². The van der Waals surface area contributed by atoms with Gasteiger partial charge in [-0.05, 0) is 18.8 Å². The van der Waals surface area contributed by atoms with E-state index in [2.05, 4.69) is 10.6 Å². The Kier molecular flexibility index (Phi) is 7.67. The van der Waals surface area contributed by atoms with Gasteiger partial charge in [0, 0.05) is 13.1 Å². The predicted molar refractivity (Wildman–Crippen MR) is 82.0 cm³/mol. The third kappa shape index (κ3) is 5.90. The number of nitriles is 1. The topological polar surface area (TPSA) is 94.5 Å². The van der Waals surface area contributed by atoms with Crippen molar-refractivity contribution >= 4 is 11.9 Å². The maximum atomic E-state index is 12.3. The first-order valence-corrected chi connectivity index (χ1v) is 7.81. The molecule has 22 heavy (non-hydrogen) atoms. The predicted octanol–water partition coefficient (Wildman–Crippen LogP) is 0.861. The van der Waals surface area contributed by atoms with Crippen molar-refractivity contribution in [2.24, 2.45) is 5.92 Å². The zero-order chi connectivity index (χ0) is 16.5. The Morgan fingerprint density at radius 3 is 2.41 bits per heavy atom. The molecule has 0 aromatic rings. The number of morpholine rings is 1. The molecule has 0 aliphatic carbocycles. The van der Waals surface area contributed by atoms with Crippen LogP contribution >= 0.6 is 0 Å². The molecule has 1 aliphatic rings. The second-order valence-corrected chi connectivity index (χ2v) is 5.83. The van der Waals surface area contributed by atoms with E-state index in [0.29, 0.717) is 39.1 Å². The number of nitrogens with one attached hydrogen (secondary N) is 2. The quantitative estimate of drug-likeness (QED) is 0.761. The average molecular weight is 310 g/mol. The first-order chi connectivity index (χ1) is 10.5. The maximum absolute atomic E-state index is 12.3. The fraction of sp³-hybridized carbons (Fsp3) is 0.800. The van der Waals surface area contributed by atoms with Crippen LogP contribution < -0.4 is 10.6 Å². The molecule has 0 radical (unpaired) electrons. The first-order valence-electron chi connectivity index (χ1n) is 7.81. The summed E-state index contributed by atoms with van der Waals surface area (Å²) in [5.41, 5.74) is 0. The van der Waals surface area contributed by atoms with Gasteiger partial charge in [0.15, 0.2) is 0 Å². The van der Waals surface area contributed by atoms with Crippen molar-refractivity contribution in [1.29, 1.82) is 5.26 Å². The van der Waals surface area contributed by atoms with Crippen LogP contribution in [0.4, 0.5) is 4.79 Å². The Balaban J connectivity index is 2.64.